The number of hydrogen-bond acceptors (Lipinski definition) is 2. The number of rotatable bonds is 5. The molecule has 214 valence electrons. The summed E-state index contributed by atoms with van der Waals surface area (Å²) in [6, 6.07) is 26.3. The van der Waals surface area contributed by atoms with Crippen LogP contribution in [0.2, 0.25) is 0 Å². The van der Waals surface area contributed by atoms with Crippen LogP contribution in [-0.2, 0) is 12.4 Å². The van der Waals surface area contributed by atoms with Crippen LogP contribution in [0.15, 0.2) is 109 Å². The molecule has 0 radical (unpaired) electrons. The highest BCUT2D eigenvalue weighted by Crippen LogP contribution is 2.47. The van der Waals surface area contributed by atoms with Gasteiger partial charge in [-0.05, 0) is 63.7 Å². The van der Waals surface area contributed by atoms with Gasteiger partial charge in [-0.3, -0.25) is 0 Å². The molecule has 1 aromatic heterocycles. The molecular weight excluding hydrogens is 554 g/mol. The summed E-state index contributed by atoms with van der Waals surface area (Å²) >= 11 is 0. The number of hydrogen-bond donors (Lipinski definition) is 0. The minimum absolute atomic E-state index is 0.0698. The van der Waals surface area contributed by atoms with Crippen molar-refractivity contribution in [3.8, 4) is 44.6 Å². The predicted molar refractivity (Wildman–Crippen MR) is 151 cm³/mol. The van der Waals surface area contributed by atoms with Gasteiger partial charge in [0.25, 0.3) is 0 Å². The van der Waals surface area contributed by atoms with E-state index in [0.717, 1.165) is 17.3 Å². The predicted octanol–water partition coefficient (Wildman–Crippen LogP) is 9.09. The van der Waals surface area contributed by atoms with Crippen LogP contribution in [0.3, 0.4) is 0 Å². The molecule has 0 amide bonds. The highest BCUT2D eigenvalue weighted by atomic mass is 19.4. The Morgan fingerprint density at radius 3 is 1.60 bits per heavy atom. The normalized spacial score (nSPS) is 11.9. The van der Waals surface area contributed by atoms with Crippen LogP contribution in [0.4, 0.5) is 32.0 Å². The van der Waals surface area contributed by atoms with Gasteiger partial charge in [0.05, 0.1) is 16.7 Å². The van der Waals surface area contributed by atoms with Gasteiger partial charge in [0, 0.05) is 31.9 Å². The minimum Gasteiger partial charge on any atom is -0.618 e. The summed E-state index contributed by atoms with van der Waals surface area (Å²) in [7, 11) is 3.28. The van der Waals surface area contributed by atoms with E-state index < -0.39 is 34.7 Å². The van der Waals surface area contributed by atoms with Gasteiger partial charge in [0.15, 0.2) is 6.20 Å². The third-order valence-electron chi connectivity index (χ3n) is 6.90. The van der Waals surface area contributed by atoms with Crippen molar-refractivity contribution in [2.45, 2.75) is 12.4 Å². The molecule has 5 aromatic rings. The first kappa shape index (κ1) is 28.7. The quantitative estimate of drug-likeness (QED) is 0.118. The topological polar surface area (TPSA) is 30.2 Å². The molecule has 0 saturated carbocycles. The second-order valence-corrected chi connectivity index (χ2v) is 9.96. The molecule has 4 aromatic carbocycles. The lowest BCUT2D eigenvalue weighted by molar-refractivity contribution is -0.593. The van der Waals surface area contributed by atoms with Gasteiger partial charge in [-0.1, -0.05) is 60.7 Å². The van der Waals surface area contributed by atoms with Gasteiger partial charge in [0.2, 0.25) is 5.69 Å². The van der Waals surface area contributed by atoms with Crippen LogP contribution < -0.4 is 9.63 Å². The Labute approximate surface area is 238 Å². The zero-order chi connectivity index (χ0) is 30.2. The Morgan fingerprint density at radius 2 is 1.12 bits per heavy atom. The molecular formula is C33H24F6N2O. The van der Waals surface area contributed by atoms with Crippen LogP contribution in [0.1, 0.15) is 11.1 Å². The van der Waals surface area contributed by atoms with Crippen LogP contribution in [0.25, 0.3) is 44.6 Å². The SMILES string of the molecule is CN(C)c1cc[n+]([O-])c(-c2c(-c3cc(-c4ccccc4)cc(-c4ccccc4)c3)cc(C(F)(F)F)cc2C(F)(F)F)c1. The highest BCUT2D eigenvalue weighted by molar-refractivity contribution is 5.89. The van der Waals surface area contributed by atoms with Crippen molar-refractivity contribution in [2.75, 3.05) is 19.0 Å². The van der Waals surface area contributed by atoms with Gasteiger partial charge >= 0.3 is 12.4 Å². The van der Waals surface area contributed by atoms with Gasteiger partial charge in [-0.15, -0.1) is 0 Å². The fourth-order valence-corrected chi connectivity index (χ4v) is 4.85. The maximum absolute atomic E-state index is 14.6. The molecule has 0 unspecified atom stereocenters. The molecule has 0 aliphatic rings. The summed E-state index contributed by atoms with van der Waals surface area (Å²) in [6.45, 7) is 0. The fourth-order valence-electron chi connectivity index (χ4n) is 4.85. The van der Waals surface area contributed by atoms with E-state index in [-0.39, 0.29) is 21.9 Å². The van der Waals surface area contributed by atoms with Crippen molar-refractivity contribution < 1.29 is 31.1 Å². The second kappa shape index (κ2) is 10.9. The first-order valence-corrected chi connectivity index (χ1v) is 12.8. The molecule has 0 atom stereocenters. The van der Waals surface area contributed by atoms with E-state index in [1.807, 2.05) is 6.07 Å². The standard InChI is InChI=1S/C33H24F6N2O/c1-40(2)27-13-14-41(42)30(20-27)31-28(18-26(32(34,35)36)19-29(31)33(37,38)39)25-16-23(21-9-5-3-6-10-21)15-24(17-25)22-11-7-4-8-12-22/h3-20H,1-2H3. The van der Waals surface area contributed by atoms with Gasteiger partial charge in [0.1, 0.15) is 0 Å². The summed E-state index contributed by atoms with van der Waals surface area (Å²) in [5, 5.41) is 13.0. The van der Waals surface area contributed by atoms with Crippen molar-refractivity contribution in [3.05, 3.63) is 126 Å². The molecule has 1 heterocycles. The van der Waals surface area contributed by atoms with E-state index >= 15 is 0 Å². The third-order valence-corrected chi connectivity index (χ3v) is 6.90. The Bertz CT molecular complexity index is 1670. The van der Waals surface area contributed by atoms with Crippen LogP contribution in [0, 0.1) is 5.21 Å². The van der Waals surface area contributed by atoms with E-state index in [1.54, 1.807) is 91.8 Å². The number of alkyl halides is 6. The highest BCUT2D eigenvalue weighted by Gasteiger charge is 2.41. The molecule has 9 heteroatoms. The third kappa shape index (κ3) is 5.81. The van der Waals surface area contributed by atoms with Crippen molar-refractivity contribution in [3.63, 3.8) is 0 Å². The monoisotopic (exact) mass is 578 g/mol. The minimum atomic E-state index is -5.20. The average Bonchev–Trinajstić information content (AvgIpc) is 2.96. The number of anilines is 1. The number of benzene rings is 4. The van der Waals surface area contributed by atoms with Crippen LogP contribution >= 0.6 is 0 Å². The lowest BCUT2D eigenvalue weighted by Gasteiger charge is -2.21. The van der Waals surface area contributed by atoms with E-state index in [9.17, 15) is 31.5 Å². The van der Waals surface area contributed by atoms with Gasteiger partial charge < -0.3 is 10.1 Å². The molecule has 0 fully saturated rings. The molecule has 0 N–H and O–H groups in total. The van der Waals surface area contributed by atoms with Crippen molar-refractivity contribution >= 4 is 5.69 Å². The Kier molecular flexibility index (Phi) is 7.45. The van der Waals surface area contributed by atoms with E-state index in [2.05, 4.69) is 0 Å². The number of aromatic nitrogens is 1. The van der Waals surface area contributed by atoms with Crippen LogP contribution in [-0.4, -0.2) is 14.1 Å². The maximum atomic E-state index is 14.6. The van der Waals surface area contributed by atoms with Gasteiger partial charge in [-0.25, -0.2) is 0 Å². The molecule has 0 aliphatic carbocycles. The maximum Gasteiger partial charge on any atom is 0.417 e. The fraction of sp³-hybridized carbons (Fsp3) is 0.121. The number of pyridine rings is 1. The largest absolute Gasteiger partial charge is 0.618 e. The summed E-state index contributed by atoms with van der Waals surface area (Å²) in [4.78, 5) is 1.59. The van der Waals surface area contributed by atoms with E-state index in [0.29, 0.717) is 22.9 Å². The zero-order valence-electron chi connectivity index (χ0n) is 22.5. The first-order valence-electron chi connectivity index (χ1n) is 12.8. The van der Waals surface area contributed by atoms with Gasteiger partial charge in [-0.2, -0.15) is 31.1 Å². The van der Waals surface area contributed by atoms with Crippen LogP contribution in [0.5, 0.6) is 0 Å². The molecule has 0 bridgehead atoms. The lowest BCUT2D eigenvalue weighted by Crippen LogP contribution is -2.30. The Morgan fingerprint density at radius 1 is 0.595 bits per heavy atom. The molecule has 5 rings (SSSR count). The smallest absolute Gasteiger partial charge is 0.417 e. The Balaban J connectivity index is 1.93. The summed E-state index contributed by atoms with van der Waals surface area (Å²) in [5.41, 5.74) is -1.36. The molecule has 0 aliphatic heterocycles. The van der Waals surface area contributed by atoms with Crippen molar-refractivity contribution in [2.24, 2.45) is 0 Å². The molecule has 42 heavy (non-hydrogen) atoms. The molecule has 0 saturated heterocycles. The molecule has 3 nitrogen and oxygen atoms in total. The lowest BCUT2D eigenvalue weighted by atomic mass is 9.87. The van der Waals surface area contributed by atoms with E-state index in [1.165, 1.54) is 12.1 Å². The summed E-state index contributed by atoms with van der Waals surface area (Å²) in [5.74, 6) is 0. The first-order chi connectivity index (χ1) is 19.8. The number of halogens is 6. The zero-order valence-corrected chi connectivity index (χ0v) is 22.5. The number of nitrogens with zero attached hydrogens (tertiary/aromatic N) is 2. The van der Waals surface area contributed by atoms with Crippen molar-refractivity contribution in [1.82, 2.24) is 0 Å². The second-order valence-electron chi connectivity index (χ2n) is 9.96. The van der Waals surface area contributed by atoms with Crippen molar-refractivity contribution in [1.29, 1.82) is 0 Å². The average molecular weight is 579 g/mol. The molecule has 0 spiro atoms. The summed E-state index contributed by atoms with van der Waals surface area (Å²) < 4.78 is 86.3. The Hall–Kier alpha value is -4.79. The summed E-state index contributed by atoms with van der Waals surface area (Å²) in [6.07, 6.45) is -9.24. The van der Waals surface area contributed by atoms with E-state index in [4.69, 9.17) is 0 Å².